The molecule has 0 saturated heterocycles. The van der Waals surface area contributed by atoms with E-state index in [0.717, 1.165) is 50.9 Å². The van der Waals surface area contributed by atoms with Crippen molar-refractivity contribution in [3.05, 3.63) is 17.0 Å². The van der Waals surface area contributed by atoms with Crippen LogP contribution >= 0.6 is 0 Å². The molecule has 1 aliphatic rings. The Balaban J connectivity index is 2.20. The Morgan fingerprint density at radius 3 is 2.00 bits per heavy atom. The van der Waals surface area contributed by atoms with Crippen molar-refractivity contribution in [2.75, 3.05) is 24.5 Å². The highest BCUT2D eigenvalue weighted by Gasteiger charge is 2.21. The summed E-state index contributed by atoms with van der Waals surface area (Å²) in [6.45, 7) is 11.7. The van der Waals surface area contributed by atoms with Gasteiger partial charge >= 0.3 is 0 Å². The topological polar surface area (TPSA) is 41.1 Å². The highest BCUT2D eigenvalue weighted by atomic mass is 15.2. The van der Waals surface area contributed by atoms with E-state index in [9.17, 15) is 0 Å². The third-order valence-corrected chi connectivity index (χ3v) is 4.27. The van der Waals surface area contributed by atoms with E-state index in [0.29, 0.717) is 0 Å². The van der Waals surface area contributed by atoms with Crippen molar-refractivity contribution in [2.45, 2.75) is 65.8 Å². The molecular formula is C17H30N4. The van der Waals surface area contributed by atoms with Crippen molar-refractivity contribution < 1.29 is 0 Å². The molecule has 0 aromatic carbocycles. The van der Waals surface area contributed by atoms with Crippen LogP contribution in [0.15, 0.2) is 0 Å². The molecule has 1 saturated carbocycles. The van der Waals surface area contributed by atoms with Crippen LogP contribution in [0.1, 0.15) is 57.5 Å². The predicted octanol–water partition coefficient (Wildman–Crippen LogP) is 2.74. The Kier molecular flexibility index (Phi) is 5.97. The van der Waals surface area contributed by atoms with Gasteiger partial charge in [-0.05, 0) is 58.1 Å². The molecule has 1 aliphatic carbocycles. The first-order valence-electron chi connectivity index (χ1n) is 8.60. The fraction of sp³-hybridized carbons (Fsp3) is 0.765. The van der Waals surface area contributed by atoms with E-state index in [1.807, 2.05) is 0 Å². The third-order valence-electron chi connectivity index (χ3n) is 4.27. The summed E-state index contributed by atoms with van der Waals surface area (Å²) in [5, 5.41) is 3.60. The lowest BCUT2D eigenvalue weighted by molar-refractivity contribution is 0.669. The second-order valence-electron chi connectivity index (χ2n) is 5.75. The Labute approximate surface area is 129 Å². The Morgan fingerprint density at radius 1 is 1.00 bits per heavy atom. The lowest BCUT2D eigenvalue weighted by atomic mass is 10.0. The molecule has 0 atom stereocenters. The standard InChI is InChI=1S/C17H30N4/c1-5-15-14(11-12-18-13-9-10-13)16(6-2)20-17(19-15)21(7-3)8-4/h13,18H,5-12H2,1-4H3. The van der Waals surface area contributed by atoms with Crippen LogP contribution in [0.25, 0.3) is 0 Å². The number of nitrogens with zero attached hydrogens (tertiary/aromatic N) is 3. The molecule has 21 heavy (non-hydrogen) atoms. The van der Waals surface area contributed by atoms with Crippen LogP contribution < -0.4 is 10.2 Å². The van der Waals surface area contributed by atoms with E-state index >= 15 is 0 Å². The Hall–Kier alpha value is -1.16. The van der Waals surface area contributed by atoms with Gasteiger partial charge in [-0.25, -0.2) is 9.97 Å². The maximum Gasteiger partial charge on any atom is 0.225 e. The number of aryl methyl sites for hydroxylation is 2. The predicted molar refractivity (Wildman–Crippen MR) is 89.1 cm³/mol. The maximum absolute atomic E-state index is 4.84. The van der Waals surface area contributed by atoms with Crippen LogP contribution in [0.3, 0.4) is 0 Å². The molecule has 1 N–H and O–H groups in total. The van der Waals surface area contributed by atoms with Gasteiger partial charge in [0.2, 0.25) is 5.95 Å². The maximum atomic E-state index is 4.84. The van der Waals surface area contributed by atoms with Gasteiger partial charge in [0, 0.05) is 30.5 Å². The highest BCUT2D eigenvalue weighted by molar-refractivity contribution is 5.37. The molecule has 0 bridgehead atoms. The largest absolute Gasteiger partial charge is 0.341 e. The molecular weight excluding hydrogens is 260 g/mol. The number of hydrogen-bond acceptors (Lipinski definition) is 4. The fourth-order valence-electron chi connectivity index (χ4n) is 2.78. The van der Waals surface area contributed by atoms with Crippen LogP contribution in [-0.2, 0) is 19.3 Å². The Morgan fingerprint density at radius 2 is 1.57 bits per heavy atom. The van der Waals surface area contributed by atoms with E-state index in [-0.39, 0.29) is 0 Å². The number of rotatable bonds is 9. The van der Waals surface area contributed by atoms with E-state index < -0.39 is 0 Å². The van der Waals surface area contributed by atoms with Gasteiger partial charge in [-0.3, -0.25) is 0 Å². The van der Waals surface area contributed by atoms with E-state index in [1.54, 1.807) is 0 Å². The van der Waals surface area contributed by atoms with E-state index in [1.165, 1.54) is 29.8 Å². The van der Waals surface area contributed by atoms with E-state index in [2.05, 4.69) is 37.9 Å². The molecule has 0 aliphatic heterocycles. The van der Waals surface area contributed by atoms with Crippen molar-refractivity contribution in [1.29, 1.82) is 0 Å². The molecule has 2 rings (SSSR count). The summed E-state index contributed by atoms with van der Waals surface area (Å²) in [6.07, 6.45) is 5.73. The highest BCUT2D eigenvalue weighted by Crippen LogP contribution is 2.21. The van der Waals surface area contributed by atoms with Crippen molar-refractivity contribution in [3.8, 4) is 0 Å². The first kappa shape index (κ1) is 16.2. The van der Waals surface area contributed by atoms with Crippen molar-refractivity contribution in [3.63, 3.8) is 0 Å². The van der Waals surface area contributed by atoms with Gasteiger partial charge in [0.1, 0.15) is 0 Å². The average molecular weight is 290 g/mol. The van der Waals surface area contributed by atoms with Crippen LogP contribution in [0.5, 0.6) is 0 Å². The average Bonchev–Trinajstić information content (AvgIpc) is 3.33. The number of hydrogen-bond donors (Lipinski definition) is 1. The van der Waals surface area contributed by atoms with Crippen molar-refractivity contribution >= 4 is 5.95 Å². The zero-order valence-electron chi connectivity index (χ0n) is 14.1. The second-order valence-corrected chi connectivity index (χ2v) is 5.75. The van der Waals surface area contributed by atoms with Gasteiger partial charge in [0.25, 0.3) is 0 Å². The van der Waals surface area contributed by atoms with Gasteiger partial charge in [-0.2, -0.15) is 0 Å². The summed E-state index contributed by atoms with van der Waals surface area (Å²) in [4.78, 5) is 11.9. The first-order chi connectivity index (χ1) is 10.2. The molecule has 4 heteroatoms. The van der Waals surface area contributed by atoms with E-state index in [4.69, 9.17) is 9.97 Å². The molecule has 4 nitrogen and oxygen atoms in total. The molecule has 0 radical (unpaired) electrons. The van der Waals surface area contributed by atoms with Gasteiger partial charge in [0.05, 0.1) is 0 Å². The van der Waals surface area contributed by atoms with Crippen molar-refractivity contribution in [2.24, 2.45) is 0 Å². The number of nitrogens with one attached hydrogen (secondary N) is 1. The lowest BCUT2D eigenvalue weighted by Crippen LogP contribution is -2.26. The minimum atomic E-state index is 0.774. The monoisotopic (exact) mass is 290 g/mol. The molecule has 0 amide bonds. The summed E-state index contributed by atoms with van der Waals surface area (Å²) < 4.78 is 0. The van der Waals surface area contributed by atoms with Gasteiger partial charge in [0.15, 0.2) is 0 Å². The number of anilines is 1. The molecule has 0 unspecified atom stereocenters. The SMILES string of the molecule is CCc1nc(N(CC)CC)nc(CC)c1CCNC1CC1. The number of aromatic nitrogens is 2. The molecule has 118 valence electrons. The summed E-state index contributed by atoms with van der Waals surface area (Å²) in [6, 6.07) is 0.774. The van der Waals surface area contributed by atoms with Gasteiger partial charge in [-0.1, -0.05) is 13.8 Å². The molecule has 1 aromatic rings. The summed E-state index contributed by atoms with van der Waals surface area (Å²) >= 11 is 0. The van der Waals surface area contributed by atoms with Crippen LogP contribution in [-0.4, -0.2) is 35.6 Å². The minimum Gasteiger partial charge on any atom is -0.341 e. The smallest absolute Gasteiger partial charge is 0.225 e. The van der Waals surface area contributed by atoms with Gasteiger partial charge < -0.3 is 10.2 Å². The zero-order chi connectivity index (χ0) is 15.2. The first-order valence-corrected chi connectivity index (χ1v) is 8.60. The summed E-state index contributed by atoms with van der Waals surface area (Å²) in [7, 11) is 0. The summed E-state index contributed by atoms with van der Waals surface area (Å²) in [5.41, 5.74) is 3.85. The summed E-state index contributed by atoms with van der Waals surface area (Å²) in [5.74, 6) is 0.910. The molecule has 1 fully saturated rings. The second kappa shape index (κ2) is 7.74. The zero-order valence-corrected chi connectivity index (χ0v) is 14.1. The fourth-order valence-corrected chi connectivity index (χ4v) is 2.78. The van der Waals surface area contributed by atoms with Crippen molar-refractivity contribution in [1.82, 2.24) is 15.3 Å². The molecule has 1 heterocycles. The lowest BCUT2D eigenvalue weighted by Gasteiger charge is -2.22. The Bertz CT molecular complexity index is 425. The quantitative estimate of drug-likeness (QED) is 0.759. The van der Waals surface area contributed by atoms with Gasteiger partial charge in [-0.15, -0.1) is 0 Å². The van der Waals surface area contributed by atoms with Crippen LogP contribution in [0, 0.1) is 0 Å². The normalized spacial score (nSPS) is 14.5. The molecule has 1 aromatic heterocycles. The third kappa shape index (κ3) is 4.16. The van der Waals surface area contributed by atoms with Crippen LogP contribution in [0.4, 0.5) is 5.95 Å². The van der Waals surface area contributed by atoms with Crippen LogP contribution in [0.2, 0.25) is 0 Å². The molecule has 0 spiro atoms. The minimum absolute atomic E-state index is 0.774.